The van der Waals surface area contributed by atoms with E-state index in [1.54, 1.807) is 0 Å². The zero-order valence-electron chi connectivity index (χ0n) is 12.4. The average molecular weight is 252 g/mol. The van der Waals surface area contributed by atoms with Crippen molar-refractivity contribution in [1.82, 2.24) is 4.90 Å². The van der Waals surface area contributed by atoms with Crippen LogP contribution >= 0.6 is 0 Å². The molecule has 2 aliphatic rings. The second kappa shape index (κ2) is 6.91. The molecule has 18 heavy (non-hydrogen) atoms. The molecule has 0 aromatic carbocycles. The summed E-state index contributed by atoms with van der Waals surface area (Å²) in [5, 5.41) is 0. The zero-order valence-corrected chi connectivity index (χ0v) is 12.4. The molecule has 0 aromatic rings. The summed E-state index contributed by atoms with van der Waals surface area (Å²) in [6.45, 7) is 8.15. The second-order valence-corrected chi connectivity index (χ2v) is 6.76. The summed E-state index contributed by atoms with van der Waals surface area (Å²) in [5.74, 6) is 2.81. The summed E-state index contributed by atoms with van der Waals surface area (Å²) in [5.41, 5.74) is 6.12. The molecule has 1 atom stereocenters. The Morgan fingerprint density at radius 3 is 2.28 bits per heavy atom. The molecule has 2 nitrogen and oxygen atoms in total. The topological polar surface area (TPSA) is 29.3 Å². The summed E-state index contributed by atoms with van der Waals surface area (Å²) in [4.78, 5) is 2.73. The van der Waals surface area contributed by atoms with E-state index in [4.69, 9.17) is 5.73 Å². The minimum Gasteiger partial charge on any atom is -0.329 e. The molecule has 2 rings (SSSR count). The monoisotopic (exact) mass is 252 g/mol. The molecule has 0 bridgehead atoms. The van der Waals surface area contributed by atoms with Crippen LogP contribution in [0.3, 0.4) is 0 Å². The van der Waals surface area contributed by atoms with Gasteiger partial charge < -0.3 is 5.73 Å². The third-order valence-electron chi connectivity index (χ3n) is 5.02. The largest absolute Gasteiger partial charge is 0.329 e. The first-order valence-corrected chi connectivity index (χ1v) is 8.18. The van der Waals surface area contributed by atoms with Crippen LogP contribution in [0.25, 0.3) is 0 Å². The van der Waals surface area contributed by atoms with Crippen LogP contribution < -0.4 is 5.73 Å². The van der Waals surface area contributed by atoms with Crippen molar-refractivity contribution in [3.8, 4) is 0 Å². The third-order valence-corrected chi connectivity index (χ3v) is 5.02. The molecular formula is C16H32N2. The Morgan fingerprint density at radius 1 is 1.11 bits per heavy atom. The molecule has 0 spiro atoms. The molecule has 0 aromatic heterocycles. The Labute approximate surface area is 113 Å². The summed E-state index contributed by atoms with van der Waals surface area (Å²) in [6, 6.07) is 0.665. The van der Waals surface area contributed by atoms with Gasteiger partial charge in [-0.15, -0.1) is 0 Å². The predicted molar refractivity (Wildman–Crippen MR) is 78.6 cm³/mol. The lowest BCUT2D eigenvalue weighted by Crippen LogP contribution is -2.47. The van der Waals surface area contributed by atoms with Crippen molar-refractivity contribution < 1.29 is 0 Å². The van der Waals surface area contributed by atoms with Gasteiger partial charge in [0.05, 0.1) is 0 Å². The Morgan fingerprint density at radius 2 is 1.78 bits per heavy atom. The first kappa shape index (κ1) is 14.3. The van der Waals surface area contributed by atoms with Crippen LogP contribution in [-0.2, 0) is 0 Å². The highest BCUT2D eigenvalue weighted by atomic mass is 15.2. The van der Waals surface area contributed by atoms with Gasteiger partial charge >= 0.3 is 0 Å². The van der Waals surface area contributed by atoms with E-state index in [2.05, 4.69) is 18.7 Å². The van der Waals surface area contributed by atoms with Crippen molar-refractivity contribution in [2.75, 3.05) is 19.6 Å². The van der Waals surface area contributed by atoms with Crippen LogP contribution in [0.4, 0.5) is 0 Å². The zero-order chi connectivity index (χ0) is 13.0. The fourth-order valence-corrected chi connectivity index (χ4v) is 3.62. The van der Waals surface area contributed by atoms with Crippen molar-refractivity contribution in [3.63, 3.8) is 0 Å². The van der Waals surface area contributed by atoms with Crippen LogP contribution in [0.15, 0.2) is 0 Å². The Hall–Kier alpha value is -0.0800. The van der Waals surface area contributed by atoms with Gasteiger partial charge in [-0.2, -0.15) is 0 Å². The average Bonchev–Trinajstić information content (AvgIpc) is 3.17. The van der Waals surface area contributed by atoms with Gasteiger partial charge in [-0.1, -0.05) is 26.7 Å². The van der Waals surface area contributed by atoms with Gasteiger partial charge in [-0.25, -0.2) is 0 Å². The Balaban J connectivity index is 1.90. The van der Waals surface area contributed by atoms with Crippen LogP contribution in [-0.4, -0.2) is 30.6 Å². The van der Waals surface area contributed by atoms with Gasteiger partial charge in [0.1, 0.15) is 0 Å². The highest BCUT2D eigenvalue weighted by Gasteiger charge is 2.32. The highest BCUT2D eigenvalue weighted by Crippen LogP contribution is 2.35. The first-order valence-electron chi connectivity index (χ1n) is 8.18. The highest BCUT2D eigenvalue weighted by molar-refractivity contribution is 4.87. The van der Waals surface area contributed by atoms with E-state index in [1.165, 1.54) is 58.0 Å². The SMILES string of the molecule is CCCN(CC1CC1)C(CN)C1CCC(C)CC1. The van der Waals surface area contributed by atoms with E-state index < -0.39 is 0 Å². The molecule has 0 radical (unpaired) electrons. The Bertz CT molecular complexity index is 229. The molecule has 106 valence electrons. The molecule has 2 fully saturated rings. The lowest BCUT2D eigenvalue weighted by Gasteiger charge is -2.39. The summed E-state index contributed by atoms with van der Waals surface area (Å²) < 4.78 is 0. The Kier molecular flexibility index (Phi) is 5.50. The maximum Gasteiger partial charge on any atom is 0.0246 e. The standard InChI is InChI=1S/C16H32N2/c1-3-10-18(12-14-6-7-14)16(11-17)15-8-4-13(2)5-9-15/h13-16H,3-12,17H2,1-2H3. The van der Waals surface area contributed by atoms with Crippen molar-refractivity contribution >= 4 is 0 Å². The minimum absolute atomic E-state index is 0.665. The fourth-order valence-electron chi connectivity index (χ4n) is 3.62. The number of rotatable bonds is 7. The van der Waals surface area contributed by atoms with Crippen molar-refractivity contribution in [3.05, 3.63) is 0 Å². The predicted octanol–water partition coefficient (Wildman–Crippen LogP) is 3.26. The molecule has 1 unspecified atom stereocenters. The third kappa shape index (κ3) is 3.96. The molecule has 2 N–H and O–H groups in total. The fraction of sp³-hybridized carbons (Fsp3) is 1.00. The molecule has 2 heteroatoms. The molecular weight excluding hydrogens is 220 g/mol. The summed E-state index contributed by atoms with van der Waals surface area (Å²) >= 11 is 0. The van der Waals surface area contributed by atoms with E-state index in [0.717, 1.165) is 24.3 Å². The minimum atomic E-state index is 0.665. The molecule has 2 saturated carbocycles. The second-order valence-electron chi connectivity index (χ2n) is 6.76. The lowest BCUT2D eigenvalue weighted by molar-refractivity contribution is 0.107. The van der Waals surface area contributed by atoms with Crippen molar-refractivity contribution in [2.45, 2.75) is 64.8 Å². The van der Waals surface area contributed by atoms with Crippen LogP contribution in [0.5, 0.6) is 0 Å². The molecule has 0 heterocycles. The molecule has 2 aliphatic carbocycles. The lowest BCUT2D eigenvalue weighted by atomic mass is 9.78. The molecule has 0 saturated heterocycles. The normalized spacial score (nSPS) is 30.7. The maximum atomic E-state index is 6.12. The summed E-state index contributed by atoms with van der Waals surface area (Å²) in [7, 11) is 0. The van der Waals surface area contributed by atoms with E-state index in [0.29, 0.717) is 6.04 Å². The number of nitrogens with zero attached hydrogens (tertiary/aromatic N) is 1. The van der Waals surface area contributed by atoms with Gasteiger partial charge in [0.15, 0.2) is 0 Å². The molecule has 0 aliphatic heterocycles. The van der Waals surface area contributed by atoms with E-state index in [1.807, 2.05) is 0 Å². The molecule has 0 amide bonds. The number of nitrogens with two attached hydrogens (primary N) is 1. The maximum absolute atomic E-state index is 6.12. The number of hydrogen-bond donors (Lipinski definition) is 1. The van der Waals surface area contributed by atoms with Crippen molar-refractivity contribution in [2.24, 2.45) is 23.5 Å². The first-order chi connectivity index (χ1) is 8.74. The summed E-state index contributed by atoms with van der Waals surface area (Å²) in [6.07, 6.45) is 9.85. The van der Waals surface area contributed by atoms with Crippen LogP contribution in [0, 0.1) is 17.8 Å². The van der Waals surface area contributed by atoms with Gasteiger partial charge in [0.2, 0.25) is 0 Å². The smallest absolute Gasteiger partial charge is 0.0246 e. The quantitative estimate of drug-likeness (QED) is 0.753. The van der Waals surface area contributed by atoms with Gasteiger partial charge in [0, 0.05) is 19.1 Å². The van der Waals surface area contributed by atoms with Crippen LogP contribution in [0.1, 0.15) is 58.8 Å². The van der Waals surface area contributed by atoms with E-state index >= 15 is 0 Å². The van der Waals surface area contributed by atoms with Gasteiger partial charge in [-0.05, 0) is 56.4 Å². The number of hydrogen-bond acceptors (Lipinski definition) is 2. The van der Waals surface area contributed by atoms with E-state index in [9.17, 15) is 0 Å². The van der Waals surface area contributed by atoms with Crippen molar-refractivity contribution in [1.29, 1.82) is 0 Å². The van der Waals surface area contributed by atoms with E-state index in [-0.39, 0.29) is 0 Å². The van der Waals surface area contributed by atoms with Crippen LogP contribution in [0.2, 0.25) is 0 Å². The van der Waals surface area contributed by atoms with Gasteiger partial charge in [-0.3, -0.25) is 4.90 Å². The van der Waals surface area contributed by atoms with Gasteiger partial charge in [0.25, 0.3) is 0 Å².